The molecule has 3 N–H and O–H groups in total. The van der Waals surface area contributed by atoms with E-state index in [0.717, 1.165) is 0 Å². The summed E-state index contributed by atoms with van der Waals surface area (Å²) in [4.78, 5) is 23.7. The number of methoxy groups -OCH3 is 1. The van der Waals surface area contributed by atoms with E-state index in [1.165, 1.54) is 19.1 Å². The molecule has 0 saturated heterocycles. The van der Waals surface area contributed by atoms with E-state index in [0.29, 0.717) is 11.4 Å². The van der Waals surface area contributed by atoms with Gasteiger partial charge in [-0.05, 0) is 12.1 Å². The molecule has 1 amide bonds. The second kappa shape index (κ2) is 6.02. The van der Waals surface area contributed by atoms with Crippen LogP contribution < -0.4 is 15.4 Å². The zero-order valence-electron chi connectivity index (χ0n) is 10.3. The van der Waals surface area contributed by atoms with Crippen LogP contribution in [0.5, 0.6) is 5.75 Å². The average Bonchev–Trinajstić information content (AvgIpc) is 2.36. The van der Waals surface area contributed by atoms with Crippen LogP contribution in [-0.4, -0.2) is 37.2 Å². The van der Waals surface area contributed by atoms with Crippen LogP contribution in [0.4, 0.5) is 5.69 Å². The summed E-state index contributed by atoms with van der Waals surface area (Å²) in [6.07, 6.45) is -0.404. The van der Waals surface area contributed by atoms with Crippen molar-refractivity contribution in [3.05, 3.63) is 24.3 Å². The molecule has 1 aromatic rings. The summed E-state index contributed by atoms with van der Waals surface area (Å²) in [5.74, 6) is -1.05. The molecule has 1 atom stereocenters. The van der Waals surface area contributed by atoms with E-state index < -0.39 is 24.3 Å². The molecule has 98 valence electrons. The Balaban J connectivity index is 2.89. The maximum atomic E-state index is 11.9. The highest BCUT2D eigenvalue weighted by Crippen LogP contribution is 2.26. The first kappa shape index (κ1) is 14.0. The van der Waals surface area contributed by atoms with E-state index in [1.54, 1.807) is 24.3 Å². The fourth-order valence-electron chi connectivity index (χ4n) is 1.55. The summed E-state index contributed by atoms with van der Waals surface area (Å²) < 4.78 is 5.13. The number of likely N-dealkylation sites (N-methyl/N-ethyl adjacent to an activating group) is 1. The molecule has 0 radical (unpaired) electrons. The molecule has 0 heterocycles. The van der Waals surface area contributed by atoms with Gasteiger partial charge in [0.2, 0.25) is 5.91 Å². The quantitative estimate of drug-likeness (QED) is 0.794. The SMILES string of the molecule is COc1ccccc1N(C)C(=O)C(N)CC(=O)O. The number of hydrogen-bond acceptors (Lipinski definition) is 4. The highest BCUT2D eigenvalue weighted by Gasteiger charge is 2.23. The maximum Gasteiger partial charge on any atom is 0.305 e. The summed E-state index contributed by atoms with van der Waals surface area (Å²) in [6.45, 7) is 0. The van der Waals surface area contributed by atoms with Crippen molar-refractivity contribution in [2.24, 2.45) is 5.73 Å². The summed E-state index contributed by atoms with van der Waals surface area (Å²) in [5.41, 5.74) is 6.08. The molecule has 18 heavy (non-hydrogen) atoms. The fraction of sp³-hybridized carbons (Fsp3) is 0.333. The van der Waals surface area contributed by atoms with Crippen molar-refractivity contribution in [1.29, 1.82) is 0 Å². The zero-order chi connectivity index (χ0) is 13.7. The average molecular weight is 252 g/mol. The van der Waals surface area contributed by atoms with Gasteiger partial charge in [-0.1, -0.05) is 12.1 Å². The Morgan fingerprint density at radius 1 is 1.44 bits per heavy atom. The van der Waals surface area contributed by atoms with Crippen LogP contribution in [0.1, 0.15) is 6.42 Å². The standard InChI is InChI=1S/C12H16N2O4/c1-14(12(17)8(13)7-11(15)16)9-5-3-4-6-10(9)18-2/h3-6,8H,7,13H2,1-2H3,(H,15,16). The minimum atomic E-state index is -1.11. The molecule has 6 nitrogen and oxygen atoms in total. The monoisotopic (exact) mass is 252 g/mol. The van der Waals surface area contributed by atoms with E-state index >= 15 is 0 Å². The first-order valence-corrected chi connectivity index (χ1v) is 5.35. The van der Waals surface area contributed by atoms with E-state index in [9.17, 15) is 9.59 Å². The van der Waals surface area contributed by atoms with Gasteiger partial charge in [-0.3, -0.25) is 9.59 Å². The third-order valence-corrected chi connectivity index (χ3v) is 2.49. The van der Waals surface area contributed by atoms with Gasteiger partial charge in [0.25, 0.3) is 0 Å². The van der Waals surface area contributed by atoms with E-state index in [1.807, 2.05) is 0 Å². The summed E-state index contributed by atoms with van der Waals surface area (Å²) in [5, 5.41) is 8.61. The van der Waals surface area contributed by atoms with Crippen LogP contribution in [-0.2, 0) is 9.59 Å². The van der Waals surface area contributed by atoms with Crippen molar-refractivity contribution >= 4 is 17.6 Å². The zero-order valence-corrected chi connectivity index (χ0v) is 10.3. The molecule has 1 aromatic carbocycles. The summed E-state index contributed by atoms with van der Waals surface area (Å²) in [6, 6.07) is 5.87. The number of carboxylic acids is 1. The van der Waals surface area contributed by atoms with Gasteiger partial charge < -0.3 is 20.5 Å². The number of carboxylic acid groups (broad SMARTS) is 1. The molecular weight excluding hydrogens is 236 g/mol. The summed E-state index contributed by atoms with van der Waals surface area (Å²) in [7, 11) is 3.02. The fourth-order valence-corrected chi connectivity index (χ4v) is 1.55. The number of nitrogens with two attached hydrogens (primary N) is 1. The van der Waals surface area contributed by atoms with Crippen LogP contribution in [0.2, 0.25) is 0 Å². The molecule has 0 spiro atoms. The van der Waals surface area contributed by atoms with Gasteiger partial charge in [0.05, 0.1) is 25.3 Å². The smallest absolute Gasteiger partial charge is 0.305 e. The lowest BCUT2D eigenvalue weighted by molar-refractivity contribution is -0.139. The summed E-state index contributed by atoms with van der Waals surface area (Å²) >= 11 is 0. The number of carbonyl (C=O) groups is 2. The van der Waals surface area contributed by atoms with Gasteiger partial charge in [0, 0.05) is 7.05 Å². The van der Waals surface area contributed by atoms with Crippen LogP contribution in [0.3, 0.4) is 0 Å². The Morgan fingerprint density at radius 2 is 2.06 bits per heavy atom. The van der Waals surface area contributed by atoms with E-state index in [4.69, 9.17) is 15.6 Å². The minimum absolute atomic E-state index is 0.404. The topological polar surface area (TPSA) is 92.9 Å². The lowest BCUT2D eigenvalue weighted by Gasteiger charge is -2.22. The Morgan fingerprint density at radius 3 is 2.61 bits per heavy atom. The molecule has 6 heteroatoms. The van der Waals surface area contributed by atoms with Gasteiger partial charge in [-0.15, -0.1) is 0 Å². The first-order valence-electron chi connectivity index (χ1n) is 5.35. The predicted molar refractivity (Wildman–Crippen MR) is 66.6 cm³/mol. The molecule has 0 aliphatic carbocycles. The number of carbonyl (C=O) groups excluding carboxylic acids is 1. The number of para-hydroxylation sites is 2. The van der Waals surface area contributed by atoms with Crippen LogP contribution >= 0.6 is 0 Å². The number of rotatable bonds is 5. The lowest BCUT2D eigenvalue weighted by Crippen LogP contribution is -2.43. The number of benzene rings is 1. The molecule has 0 aromatic heterocycles. The van der Waals surface area contributed by atoms with E-state index in [-0.39, 0.29) is 0 Å². The van der Waals surface area contributed by atoms with Crippen molar-refractivity contribution in [2.45, 2.75) is 12.5 Å². The number of hydrogen-bond donors (Lipinski definition) is 2. The Bertz CT molecular complexity index is 447. The van der Waals surface area contributed by atoms with Gasteiger partial charge in [0.1, 0.15) is 5.75 Å². The van der Waals surface area contributed by atoms with Crippen LogP contribution in [0, 0.1) is 0 Å². The molecule has 1 rings (SSSR count). The van der Waals surface area contributed by atoms with Gasteiger partial charge >= 0.3 is 5.97 Å². The second-order valence-electron chi connectivity index (χ2n) is 3.77. The largest absolute Gasteiger partial charge is 0.495 e. The van der Waals surface area contributed by atoms with Gasteiger partial charge in [-0.2, -0.15) is 0 Å². The van der Waals surface area contributed by atoms with Crippen LogP contribution in [0.15, 0.2) is 24.3 Å². The van der Waals surface area contributed by atoms with Crippen molar-refractivity contribution in [3.8, 4) is 5.75 Å². The molecule has 0 aliphatic rings. The molecule has 0 fully saturated rings. The first-order chi connectivity index (χ1) is 8.47. The molecule has 0 aliphatic heterocycles. The normalized spacial score (nSPS) is 11.7. The molecular formula is C12H16N2O4. The molecule has 0 bridgehead atoms. The number of anilines is 1. The number of ether oxygens (including phenoxy) is 1. The van der Waals surface area contributed by atoms with Crippen molar-refractivity contribution < 1.29 is 19.4 Å². The lowest BCUT2D eigenvalue weighted by atomic mass is 10.2. The van der Waals surface area contributed by atoms with Crippen molar-refractivity contribution in [1.82, 2.24) is 0 Å². The van der Waals surface area contributed by atoms with Crippen molar-refractivity contribution in [3.63, 3.8) is 0 Å². The molecule has 1 unspecified atom stereocenters. The number of nitrogens with zero attached hydrogens (tertiary/aromatic N) is 1. The third-order valence-electron chi connectivity index (χ3n) is 2.49. The predicted octanol–water partition coefficient (Wildman–Crippen LogP) is 0.460. The molecule has 0 saturated carbocycles. The number of aliphatic carboxylic acids is 1. The number of amides is 1. The Labute approximate surface area is 105 Å². The second-order valence-corrected chi connectivity index (χ2v) is 3.77. The van der Waals surface area contributed by atoms with Gasteiger partial charge in [-0.25, -0.2) is 0 Å². The maximum absolute atomic E-state index is 11.9. The highest BCUT2D eigenvalue weighted by atomic mass is 16.5. The van der Waals surface area contributed by atoms with E-state index in [2.05, 4.69) is 0 Å². The Hall–Kier alpha value is -2.08. The highest BCUT2D eigenvalue weighted by molar-refractivity contribution is 5.99. The third kappa shape index (κ3) is 3.21. The van der Waals surface area contributed by atoms with Gasteiger partial charge in [0.15, 0.2) is 0 Å². The van der Waals surface area contributed by atoms with Crippen LogP contribution in [0.25, 0.3) is 0 Å². The van der Waals surface area contributed by atoms with Crippen molar-refractivity contribution in [2.75, 3.05) is 19.1 Å². The minimum Gasteiger partial charge on any atom is -0.495 e. The Kier molecular flexibility index (Phi) is 4.67.